The van der Waals surface area contributed by atoms with Gasteiger partial charge in [-0.05, 0) is 20.9 Å². The van der Waals surface area contributed by atoms with Gasteiger partial charge in [-0.3, -0.25) is 4.79 Å². The van der Waals surface area contributed by atoms with Gasteiger partial charge in [-0.2, -0.15) is 0 Å². The molecule has 0 aliphatic rings. The van der Waals surface area contributed by atoms with E-state index in [9.17, 15) is 4.79 Å². The molecule has 0 unspecified atom stereocenters. The molecule has 0 atom stereocenters. The first-order valence-corrected chi connectivity index (χ1v) is 2.43. The maximum atomic E-state index is 10.2. The second kappa shape index (κ2) is 3.45. The minimum Gasteiger partial charge on any atom is -0.480 e. The Hall–Kier alpha value is -0.570. The van der Waals surface area contributed by atoms with Crippen molar-refractivity contribution in [1.82, 2.24) is 5.32 Å². The Morgan fingerprint density at radius 2 is 1.89 bits per heavy atom. The molecule has 0 aliphatic heterocycles. The molecule has 0 aromatic carbocycles. The maximum Gasteiger partial charge on any atom is 0.323 e. The Bertz CT molecular complexity index is 99.2. The van der Waals surface area contributed by atoms with Gasteiger partial charge in [0, 0.05) is 0 Å². The summed E-state index contributed by atoms with van der Waals surface area (Å²) in [5, 5.41) is 11.0. The number of hydrogen-bond acceptors (Lipinski definition) is 2. The number of nitrogens with one attached hydrogen (secondary N) is 1. The zero-order chi connectivity index (χ0) is 6.78. The average molecular weight is 133 g/mol. The lowest BCUT2D eigenvalue weighted by molar-refractivity contribution is -0.143. The van der Waals surface area contributed by atoms with Crippen LogP contribution in [0.25, 0.3) is 0 Å². The summed E-state index contributed by atoms with van der Waals surface area (Å²) in [7, 11) is 1.62. The number of likely N-dealkylation sites (N-methyl/N-ethyl adjacent to an activating group) is 1. The minimum absolute atomic E-state index is 0. The lowest BCUT2D eigenvalue weighted by atomic mass is 10.1. The summed E-state index contributed by atoms with van der Waals surface area (Å²) in [4.78, 5) is 10.2. The fourth-order valence-electron chi connectivity index (χ4n) is 0.107. The summed E-state index contributed by atoms with van der Waals surface area (Å²) < 4.78 is 0. The van der Waals surface area contributed by atoms with Crippen LogP contribution < -0.4 is 5.32 Å². The zero-order valence-electron chi connectivity index (χ0n) is 5.36. The lowest BCUT2D eigenvalue weighted by Gasteiger charge is -2.16. The number of rotatable bonds is 2. The Balaban J connectivity index is 0. The number of carbonyl (C=O) groups is 1. The molecular weight excluding hydrogens is 118 g/mol. The third kappa shape index (κ3) is 3.08. The largest absolute Gasteiger partial charge is 0.480 e. The highest BCUT2D eigenvalue weighted by molar-refractivity contribution is 5.77. The second-order valence-corrected chi connectivity index (χ2v) is 2.18. The summed E-state index contributed by atoms with van der Waals surface area (Å²) in [6.45, 7) is 3.21. The standard InChI is InChI=1S/C5H11NO2.CH4/c1-5(2,6-3)4(7)8;/h6H,1-3H3,(H,7,8);1H4. The van der Waals surface area contributed by atoms with Gasteiger partial charge in [0.2, 0.25) is 0 Å². The van der Waals surface area contributed by atoms with E-state index in [0.29, 0.717) is 0 Å². The van der Waals surface area contributed by atoms with Gasteiger partial charge in [0.05, 0.1) is 0 Å². The topological polar surface area (TPSA) is 49.3 Å². The number of carboxylic acids is 1. The molecular formula is C6H15NO2. The highest BCUT2D eigenvalue weighted by atomic mass is 16.4. The first kappa shape index (κ1) is 11.3. The summed E-state index contributed by atoms with van der Waals surface area (Å²) in [6.07, 6.45) is 0. The smallest absolute Gasteiger partial charge is 0.323 e. The SMILES string of the molecule is C.CNC(C)(C)C(=O)O. The number of aliphatic carboxylic acids is 1. The molecule has 0 aliphatic carbocycles. The van der Waals surface area contributed by atoms with Crippen LogP contribution in [0.2, 0.25) is 0 Å². The van der Waals surface area contributed by atoms with Crippen molar-refractivity contribution in [3.63, 3.8) is 0 Å². The van der Waals surface area contributed by atoms with Crippen molar-refractivity contribution >= 4 is 5.97 Å². The molecule has 0 saturated carbocycles. The Labute approximate surface area is 56.1 Å². The molecule has 3 heteroatoms. The van der Waals surface area contributed by atoms with Gasteiger partial charge in [-0.25, -0.2) is 0 Å². The van der Waals surface area contributed by atoms with Gasteiger partial charge in [-0.15, -0.1) is 0 Å². The fourth-order valence-corrected chi connectivity index (χ4v) is 0.107. The van der Waals surface area contributed by atoms with Gasteiger partial charge >= 0.3 is 5.97 Å². The monoisotopic (exact) mass is 133 g/mol. The van der Waals surface area contributed by atoms with Crippen molar-refractivity contribution in [2.45, 2.75) is 26.8 Å². The molecule has 0 spiro atoms. The van der Waals surface area contributed by atoms with Crippen LogP contribution in [0.15, 0.2) is 0 Å². The summed E-state index contributed by atoms with van der Waals surface area (Å²) >= 11 is 0. The Morgan fingerprint density at radius 3 is 1.89 bits per heavy atom. The molecule has 3 nitrogen and oxygen atoms in total. The quantitative estimate of drug-likeness (QED) is 0.583. The van der Waals surface area contributed by atoms with Crippen LogP contribution in [0.5, 0.6) is 0 Å². The van der Waals surface area contributed by atoms with Crippen LogP contribution in [0, 0.1) is 0 Å². The summed E-state index contributed by atoms with van der Waals surface area (Å²) in [5.41, 5.74) is -0.792. The van der Waals surface area contributed by atoms with E-state index in [1.165, 1.54) is 0 Å². The molecule has 56 valence electrons. The molecule has 0 radical (unpaired) electrons. The minimum atomic E-state index is -0.833. The second-order valence-electron chi connectivity index (χ2n) is 2.18. The van der Waals surface area contributed by atoms with Gasteiger partial charge in [0.25, 0.3) is 0 Å². The first-order chi connectivity index (χ1) is 3.50. The van der Waals surface area contributed by atoms with E-state index in [1.807, 2.05) is 0 Å². The van der Waals surface area contributed by atoms with Crippen LogP contribution in [-0.4, -0.2) is 23.7 Å². The molecule has 0 aromatic rings. The van der Waals surface area contributed by atoms with Crippen molar-refractivity contribution in [2.24, 2.45) is 0 Å². The van der Waals surface area contributed by atoms with Crippen LogP contribution >= 0.6 is 0 Å². The molecule has 0 rings (SSSR count). The average Bonchev–Trinajstić information content (AvgIpc) is 1.67. The van der Waals surface area contributed by atoms with Crippen LogP contribution in [0.1, 0.15) is 21.3 Å². The third-order valence-corrected chi connectivity index (χ3v) is 1.16. The molecule has 0 heterocycles. The van der Waals surface area contributed by atoms with E-state index in [2.05, 4.69) is 5.32 Å². The van der Waals surface area contributed by atoms with E-state index >= 15 is 0 Å². The third-order valence-electron chi connectivity index (χ3n) is 1.16. The first-order valence-electron chi connectivity index (χ1n) is 2.43. The predicted octanol–water partition coefficient (Wildman–Crippen LogP) is 0.705. The molecule has 0 amide bonds. The maximum absolute atomic E-state index is 10.2. The van der Waals surface area contributed by atoms with Crippen LogP contribution in [0.3, 0.4) is 0 Å². The number of hydrogen-bond donors (Lipinski definition) is 2. The van der Waals surface area contributed by atoms with Gasteiger partial charge in [-0.1, -0.05) is 7.43 Å². The fraction of sp³-hybridized carbons (Fsp3) is 0.833. The lowest BCUT2D eigenvalue weighted by Crippen LogP contribution is -2.44. The van der Waals surface area contributed by atoms with E-state index in [-0.39, 0.29) is 7.43 Å². The summed E-state index contributed by atoms with van der Waals surface area (Å²) in [5.74, 6) is -0.833. The van der Waals surface area contributed by atoms with Crippen molar-refractivity contribution in [1.29, 1.82) is 0 Å². The molecule has 0 saturated heterocycles. The summed E-state index contributed by atoms with van der Waals surface area (Å²) in [6, 6.07) is 0. The Morgan fingerprint density at radius 1 is 1.56 bits per heavy atom. The van der Waals surface area contributed by atoms with Crippen LogP contribution in [-0.2, 0) is 4.79 Å². The van der Waals surface area contributed by atoms with E-state index < -0.39 is 11.5 Å². The number of carboxylic acid groups (broad SMARTS) is 1. The molecule has 9 heavy (non-hydrogen) atoms. The van der Waals surface area contributed by atoms with E-state index in [1.54, 1.807) is 20.9 Å². The molecule has 2 N–H and O–H groups in total. The zero-order valence-corrected chi connectivity index (χ0v) is 5.36. The predicted molar refractivity (Wildman–Crippen MR) is 37.5 cm³/mol. The molecule has 0 fully saturated rings. The van der Waals surface area contributed by atoms with Crippen molar-refractivity contribution in [3.05, 3.63) is 0 Å². The molecule has 0 bridgehead atoms. The van der Waals surface area contributed by atoms with Crippen molar-refractivity contribution in [3.8, 4) is 0 Å². The van der Waals surface area contributed by atoms with Crippen molar-refractivity contribution < 1.29 is 9.90 Å². The van der Waals surface area contributed by atoms with Gasteiger partial charge < -0.3 is 10.4 Å². The molecule has 0 aromatic heterocycles. The normalized spacial score (nSPS) is 10.1. The Kier molecular flexibility index (Phi) is 4.32. The van der Waals surface area contributed by atoms with Crippen molar-refractivity contribution in [2.75, 3.05) is 7.05 Å². The highest BCUT2D eigenvalue weighted by Gasteiger charge is 2.23. The highest BCUT2D eigenvalue weighted by Crippen LogP contribution is 1.98. The van der Waals surface area contributed by atoms with Gasteiger partial charge in [0.1, 0.15) is 5.54 Å². The van der Waals surface area contributed by atoms with Crippen LogP contribution in [0.4, 0.5) is 0 Å². The van der Waals surface area contributed by atoms with E-state index in [0.717, 1.165) is 0 Å². The van der Waals surface area contributed by atoms with Gasteiger partial charge in [0.15, 0.2) is 0 Å². The van der Waals surface area contributed by atoms with E-state index in [4.69, 9.17) is 5.11 Å².